The maximum absolute atomic E-state index is 12.4. The molecule has 1 aromatic carbocycles. The fourth-order valence-corrected chi connectivity index (χ4v) is 4.74. The summed E-state index contributed by atoms with van der Waals surface area (Å²) in [7, 11) is -0.876. The number of sulfonamides is 1. The zero-order valence-corrected chi connectivity index (χ0v) is 19.5. The van der Waals surface area contributed by atoms with Crippen LogP contribution in [0.3, 0.4) is 0 Å². The van der Waals surface area contributed by atoms with Gasteiger partial charge in [0.1, 0.15) is 0 Å². The number of hydrogen-bond acceptors (Lipinski definition) is 7. The predicted molar refractivity (Wildman–Crippen MR) is 118 cm³/mol. The smallest absolute Gasteiger partial charge is 0.308 e. The quantitative estimate of drug-likeness (QED) is 0.338. The molecule has 1 heterocycles. The second-order valence-corrected chi connectivity index (χ2v) is 10.3. The van der Waals surface area contributed by atoms with Gasteiger partial charge in [-0.05, 0) is 38.0 Å². The molecule has 10 nitrogen and oxygen atoms in total. The Labute approximate surface area is 192 Å². The maximum Gasteiger partial charge on any atom is 0.308 e. The molecule has 11 heteroatoms. The Kier molecular flexibility index (Phi) is 7.33. The highest BCUT2D eigenvalue weighted by Crippen LogP contribution is 2.35. The van der Waals surface area contributed by atoms with E-state index < -0.39 is 28.0 Å². The molecule has 33 heavy (non-hydrogen) atoms. The lowest BCUT2D eigenvalue weighted by Gasteiger charge is -2.17. The lowest BCUT2D eigenvalue weighted by Crippen LogP contribution is -2.35. The average molecular weight is 478 g/mol. The summed E-state index contributed by atoms with van der Waals surface area (Å²) in [5, 5.41) is 2.52. The fourth-order valence-electron chi connectivity index (χ4n) is 3.79. The number of carbonyl (C=O) groups is 4. The van der Waals surface area contributed by atoms with Gasteiger partial charge in [0.15, 0.2) is 6.10 Å². The van der Waals surface area contributed by atoms with Crippen LogP contribution in [0.2, 0.25) is 0 Å². The van der Waals surface area contributed by atoms with Gasteiger partial charge in [-0.1, -0.05) is 18.2 Å². The molecule has 1 fully saturated rings. The average Bonchev–Trinajstić information content (AvgIpc) is 3.02. The molecule has 0 radical (unpaired) electrons. The summed E-state index contributed by atoms with van der Waals surface area (Å²) in [6.45, 7) is 1.28. The van der Waals surface area contributed by atoms with Gasteiger partial charge < -0.3 is 10.1 Å². The van der Waals surface area contributed by atoms with Crippen molar-refractivity contribution in [3.63, 3.8) is 0 Å². The van der Waals surface area contributed by atoms with E-state index >= 15 is 0 Å². The molecular formula is C22H27N3O7S. The third-order valence-corrected chi connectivity index (χ3v) is 7.51. The van der Waals surface area contributed by atoms with Crippen molar-refractivity contribution in [2.24, 2.45) is 11.8 Å². The van der Waals surface area contributed by atoms with E-state index in [-0.39, 0.29) is 47.2 Å². The van der Waals surface area contributed by atoms with Crippen molar-refractivity contribution < 1.29 is 32.3 Å². The number of esters is 1. The number of amides is 3. The number of anilines is 1. The number of imide groups is 1. The minimum Gasteiger partial charge on any atom is -0.452 e. The van der Waals surface area contributed by atoms with Gasteiger partial charge in [0, 0.05) is 26.3 Å². The van der Waals surface area contributed by atoms with E-state index in [4.69, 9.17) is 4.74 Å². The highest BCUT2D eigenvalue weighted by atomic mass is 32.2. The zero-order valence-electron chi connectivity index (χ0n) is 18.7. The molecule has 1 aliphatic heterocycles. The van der Waals surface area contributed by atoms with Crippen LogP contribution in [0.5, 0.6) is 0 Å². The summed E-state index contributed by atoms with van der Waals surface area (Å²) < 4.78 is 30.7. The summed E-state index contributed by atoms with van der Waals surface area (Å²) in [4.78, 5) is 50.6. The standard InChI is InChI=1S/C22H27N3O7S/c1-14(20(27)23-15-7-6-8-16(13-15)33(30,31)24(2)3)32-19(26)11-12-25-21(28)17-9-4-5-10-18(17)22(25)29/h4-8,13-14,17-18H,9-12H2,1-3H3,(H,23,27)/t14-,17-,18+/m1/s1. The number of fused-ring (bicyclic) bond motifs is 1. The molecular weight excluding hydrogens is 450 g/mol. The van der Waals surface area contributed by atoms with Crippen molar-refractivity contribution in [2.45, 2.75) is 37.2 Å². The minimum absolute atomic E-state index is 0.00524. The molecule has 178 valence electrons. The number of hydrogen-bond donors (Lipinski definition) is 1. The molecule has 3 rings (SSSR count). The third kappa shape index (κ3) is 5.31. The molecule has 3 atom stereocenters. The number of carbonyl (C=O) groups excluding carboxylic acids is 4. The summed E-state index contributed by atoms with van der Waals surface area (Å²) in [5.41, 5.74) is 0.232. The molecule has 0 saturated carbocycles. The Hall–Kier alpha value is -3.05. The lowest BCUT2D eigenvalue weighted by molar-refractivity contribution is -0.154. The number of nitrogens with zero attached hydrogens (tertiary/aromatic N) is 2. The van der Waals surface area contributed by atoms with Gasteiger partial charge in [-0.25, -0.2) is 12.7 Å². The highest BCUT2D eigenvalue weighted by molar-refractivity contribution is 7.89. The number of rotatable bonds is 8. The molecule has 0 unspecified atom stereocenters. The first-order valence-corrected chi connectivity index (χ1v) is 12.0. The van der Waals surface area contributed by atoms with Crippen LogP contribution in [0, 0.1) is 11.8 Å². The van der Waals surface area contributed by atoms with E-state index in [0.29, 0.717) is 12.8 Å². The molecule has 0 spiro atoms. The Balaban J connectivity index is 1.53. The van der Waals surface area contributed by atoms with Gasteiger partial charge in [-0.15, -0.1) is 0 Å². The van der Waals surface area contributed by atoms with Crippen molar-refractivity contribution in [1.29, 1.82) is 0 Å². The minimum atomic E-state index is -3.67. The van der Waals surface area contributed by atoms with Gasteiger partial charge >= 0.3 is 5.97 Å². The second kappa shape index (κ2) is 9.84. The van der Waals surface area contributed by atoms with E-state index in [2.05, 4.69) is 5.32 Å². The molecule has 2 aliphatic rings. The molecule has 1 aromatic rings. The van der Waals surface area contributed by atoms with Crippen LogP contribution in [0.4, 0.5) is 5.69 Å². The van der Waals surface area contributed by atoms with Crippen molar-refractivity contribution in [2.75, 3.05) is 26.0 Å². The summed E-state index contributed by atoms with van der Waals surface area (Å²) >= 11 is 0. The van der Waals surface area contributed by atoms with Crippen LogP contribution in [0.15, 0.2) is 41.3 Å². The molecule has 1 saturated heterocycles. The van der Waals surface area contributed by atoms with Crippen LogP contribution < -0.4 is 5.32 Å². The zero-order chi connectivity index (χ0) is 24.3. The Morgan fingerprint density at radius 3 is 2.33 bits per heavy atom. The number of benzene rings is 1. The van der Waals surface area contributed by atoms with Crippen molar-refractivity contribution in [3.05, 3.63) is 36.4 Å². The van der Waals surface area contributed by atoms with Gasteiger partial charge in [0.25, 0.3) is 5.91 Å². The molecule has 3 amide bonds. The van der Waals surface area contributed by atoms with E-state index in [1.54, 1.807) is 0 Å². The topological polar surface area (TPSA) is 130 Å². The number of likely N-dealkylation sites (tertiary alicyclic amines) is 1. The first-order chi connectivity index (χ1) is 15.5. The van der Waals surface area contributed by atoms with Gasteiger partial charge in [0.2, 0.25) is 21.8 Å². The number of nitrogens with one attached hydrogen (secondary N) is 1. The van der Waals surface area contributed by atoms with E-state index in [9.17, 15) is 27.6 Å². The Morgan fingerprint density at radius 2 is 1.76 bits per heavy atom. The van der Waals surface area contributed by atoms with Gasteiger partial charge in [-0.2, -0.15) is 0 Å². The van der Waals surface area contributed by atoms with Crippen molar-refractivity contribution >= 4 is 39.4 Å². The predicted octanol–water partition coefficient (Wildman–Crippen LogP) is 1.15. The summed E-state index contributed by atoms with van der Waals surface area (Å²) in [5.74, 6) is -2.66. The first-order valence-electron chi connectivity index (χ1n) is 10.6. The van der Waals surface area contributed by atoms with Crippen LogP contribution >= 0.6 is 0 Å². The third-order valence-electron chi connectivity index (χ3n) is 5.70. The number of ether oxygens (including phenoxy) is 1. The summed E-state index contributed by atoms with van der Waals surface area (Å²) in [6, 6.07) is 5.71. The van der Waals surface area contributed by atoms with Crippen molar-refractivity contribution in [3.8, 4) is 0 Å². The van der Waals surface area contributed by atoms with E-state index in [1.807, 2.05) is 12.2 Å². The Morgan fingerprint density at radius 1 is 1.15 bits per heavy atom. The monoisotopic (exact) mass is 477 g/mol. The van der Waals surface area contributed by atoms with Crippen LogP contribution in [-0.4, -0.2) is 68.1 Å². The van der Waals surface area contributed by atoms with Gasteiger partial charge in [0.05, 0.1) is 23.2 Å². The van der Waals surface area contributed by atoms with E-state index in [0.717, 1.165) is 9.21 Å². The molecule has 0 bridgehead atoms. The second-order valence-electron chi connectivity index (χ2n) is 8.17. The summed E-state index contributed by atoms with van der Waals surface area (Å²) in [6.07, 6.45) is 3.42. The molecule has 1 aliphatic carbocycles. The lowest BCUT2D eigenvalue weighted by atomic mass is 9.85. The van der Waals surface area contributed by atoms with Crippen LogP contribution in [-0.2, 0) is 33.9 Å². The Bertz CT molecular complexity index is 1070. The molecule has 1 N–H and O–H groups in total. The van der Waals surface area contributed by atoms with Crippen molar-refractivity contribution in [1.82, 2.24) is 9.21 Å². The molecule has 0 aromatic heterocycles. The largest absolute Gasteiger partial charge is 0.452 e. The van der Waals surface area contributed by atoms with Crippen LogP contribution in [0.25, 0.3) is 0 Å². The van der Waals surface area contributed by atoms with Crippen LogP contribution in [0.1, 0.15) is 26.2 Å². The normalized spacial score (nSPS) is 21.2. The van der Waals surface area contributed by atoms with Gasteiger partial charge in [-0.3, -0.25) is 24.1 Å². The maximum atomic E-state index is 12.4. The fraction of sp³-hybridized carbons (Fsp3) is 0.455. The SMILES string of the molecule is C[C@@H](OC(=O)CCN1C(=O)[C@H]2CC=CC[C@H]2C1=O)C(=O)Nc1cccc(S(=O)(=O)N(C)C)c1. The van der Waals surface area contributed by atoms with E-state index in [1.165, 1.54) is 45.3 Å². The highest BCUT2D eigenvalue weighted by Gasteiger charge is 2.47. The number of allylic oxidation sites excluding steroid dienone is 2. The first kappa shape index (κ1) is 24.6.